The van der Waals surface area contributed by atoms with Gasteiger partial charge in [-0.15, -0.1) is 0 Å². The number of nitro benzene ring substituents is 1. The van der Waals surface area contributed by atoms with Crippen LogP contribution < -0.4 is 5.56 Å². The molecule has 2 N–H and O–H groups in total. The molecule has 1 aromatic heterocycles. The van der Waals surface area contributed by atoms with E-state index in [1.807, 2.05) is 0 Å². The first-order valence-electron chi connectivity index (χ1n) is 6.73. The molecule has 2 aromatic carbocycles. The van der Waals surface area contributed by atoms with Crippen molar-refractivity contribution < 1.29 is 10.0 Å². The molecule has 3 aromatic rings. The number of rotatable bonds is 3. The van der Waals surface area contributed by atoms with Crippen LogP contribution in [-0.4, -0.2) is 25.9 Å². The first-order chi connectivity index (χ1) is 11.5. The summed E-state index contributed by atoms with van der Waals surface area (Å²) >= 11 is 5.12. The SMILES string of the molecule is O=c1c2ccccc2[nH]c(=S)n1/N=C/c1ccc(O)c([N+](=O)[O-])c1. The maximum Gasteiger partial charge on any atom is 0.311 e. The van der Waals surface area contributed by atoms with Crippen molar-refractivity contribution in [3.63, 3.8) is 0 Å². The van der Waals surface area contributed by atoms with Crippen molar-refractivity contribution in [2.24, 2.45) is 5.10 Å². The molecule has 0 unspecified atom stereocenters. The molecule has 9 heteroatoms. The third-order valence-corrected chi connectivity index (χ3v) is 3.58. The highest BCUT2D eigenvalue weighted by molar-refractivity contribution is 7.71. The van der Waals surface area contributed by atoms with Crippen LogP contribution in [0.3, 0.4) is 0 Å². The number of phenolic OH excluding ortho intramolecular Hbond substituents is 1. The minimum absolute atomic E-state index is 0.100. The largest absolute Gasteiger partial charge is 0.502 e. The Kier molecular flexibility index (Phi) is 3.92. The van der Waals surface area contributed by atoms with E-state index in [0.717, 1.165) is 10.7 Å². The molecule has 0 amide bonds. The van der Waals surface area contributed by atoms with Gasteiger partial charge in [0.25, 0.3) is 5.56 Å². The lowest BCUT2D eigenvalue weighted by Crippen LogP contribution is -2.18. The van der Waals surface area contributed by atoms with Crippen molar-refractivity contribution in [1.82, 2.24) is 9.66 Å². The molecule has 0 fully saturated rings. The predicted octanol–water partition coefficient (Wildman–Crippen LogP) is 2.56. The van der Waals surface area contributed by atoms with Gasteiger partial charge in [-0.05, 0) is 36.5 Å². The number of benzene rings is 2. The van der Waals surface area contributed by atoms with Gasteiger partial charge in [-0.1, -0.05) is 12.1 Å². The number of nitrogens with one attached hydrogen (secondary N) is 1. The summed E-state index contributed by atoms with van der Waals surface area (Å²) < 4.78 is 1.10. The number of aromatic amines is 1. The van der Waals surface area contributed by atoms with E-state index in [1.165, 1.54) is 18.3 Å². The van der Waals surface area contributed by atoms with Crippen LogP contribution in [0.25, 0.3) is 10.9 Å². The van der Waals surface area contributed by atoms with E-state index in [2.05, 4.69) is 10.1 Å². The highest BCUT2D eigenvalue weighted by Gasteiger charge is 2.12. The molecule has 0 atom stereocenters. The number of hydrogen-bond donors (Lipinski definition) is 2. The molecule has 0 aliphatic rings. The fourth-order valence-electron chi connectivity index (χ4n) is 2.15. The highest BCUT2D eigenvalue weighted by Crippen LogP contribution is 2.25. The van der Waals surface area contributed by atoms with Crippen LogP contribution in [0.1, 0.15) is 5.56 Å². The van der Waals surface area contributed by atoms with E-state index in [9.17, 15) is 20.0 Å². The minimum atomic E-state index is -0.707. The molecule has 0 aliphatic carbocycles. The van der Waals surface area contributed by atoms with Gasteiger partial charge < -0.3 is 10.1 Å². The normalized spacial score (nSPS) is 11.2. The summed E-state index contributed by atoms with van der Waals surface area (Å²) in [5, 5.41) is 24.7. The molecule has 0 saturated heterocycles. The number of hydrogen-bond acceptors (Lipinski definition) is 6. The Hall–Kier alpha value is -3.33. The van der Waals surface area contributed by atoms with Gasteiger partial charge in [0.15, 0.2) is 5.75 Å². The second kappa shape index (κ2) is 6.05. The number of aromatic nitrogens is 2. The van der Waals surface area contributed by atoms with Gasteiger partial charge in [0, 0.05) is 11.6 Å². The summed E-state index contributed by atoms with van der Waals surface area (Å²) in [6.45, 7) is 0. The third-order valence-electron chi connectivity index (χ3n) is 3.30. The molecular formula is C15H10N4O4S. The summed E-state index contributed by atoms with van der Waals surface area (Å²) in [5.41, 5.74) is 0.0852. The van der Waals surface area contributed by atoms with Gasteiger partial charge >= 0.3 is 5.69 Å². The topological polar surface area (TPSA) is 114 Å². The van der Waals surface area contributed by atoms with Crippen LogP contribution >= 0.6 is 12.2 Å². The smallest absolute Gasteiger partial charge is 0.311 e. The van der Waals surface area contributed by atoms with Gasteiger partial charge in [-0.25, -0.2) is 0 Å². The maximum absolute atomic E-state index is 12.4. The van der Waals surface area contributed by atoms with Gasteiger partial charge in [-0.3, -0.25) is 14.9 Å². The molecule has 0 saturated carbocycles. The number of nitrogens with zero attached hydrogens (tertiary/aromatic N) is 3. The van der Waals surface area contributed by atoms with Crippen LogP contribution in [0, 0.1) is 14.9 Å². The molecule has 0 bridgehead atoms. The summed E-state index contributed by atoms with van der Waals surface area (Å²) in [6, 6.07) is 10.6. The summed E-state index contributed by atoms with van der Waals surface area (Å²) in [7, 11) is 0. The zero-order valence-electron chi connectivity index (χ0n) is 12.0. The first-order valence-corrected chi connectivity index (χ1v) is 7.14. The number of para-hydroxylation sites is 1. The first kappa shape index (κ1) is 15.6. The van der Waals surface area contributed by atoms with E-state index in [4.69, 9.17) is 12.2 Å². The third kappa shape index (κ3) is 2.79. The minimum Gasteiger partial charge on any atom is -0.502 e. The fourth-order valence-corrected chi connectivity index (χ4v) is 2.39. The van der Waals surface area contributed by atoms with Crippen molar-refractivity contribution >= 4 is 35.0 Å². The zero-order chi connectivity index (χ0) is 17.3. The molecule has 0 spiro atoms. The molecular weight excluding hydrogens is 332 g/mol. The molecule has 120 valence electrons. The lowest BCUT2D eigenvalue weighted by atomic mass is 10.2. The van der Waals surface area contributed by atoms with Gasteiger partial charge in [0.1, 0.15) is 0 Å². The monoisotopic (exact) mass is 342 g/mol. The van der Waals surface area contributed by atoms with Crippen LogP contribution in [0.4, 0.5) is 5.69 Å². The average Bonchev–Trinajstić information content (AvgIpc) is 2.55. The second-order valence-electron chi connectivity index (χ2n) is 4.84. The molecule has 8 nitrogen and oxygen atoms in total. The van der Waals surface area contributed by atoms with Crippen molar-refractivity contribution in [2.75, 3.05) is 0 Å². The van der Waals surface area contributed by atoms with E-state index in [0.29, 0.717) is 16.5 Å². The van der Waals surface area contributed by atoms with Crippen molar-refractivity contribution in [3.8, 4) is 5.75 Å². The second-order valence-corrected chi connectivity index (χ2v) is 5.23. The van der Waals surface area contributed by atoms with Gasteiger partial charge in [0.05, 0.1) is 22.0 Å². The van der Waals surface area contributed by atoms with Gasteiger partial charge in [-0.2, -0.15) is 9.78 Å². The predicted molar refractivity (Wildman–Crippen MR) is 91.1 cm³/mol. The Labute approximate surface area is 139 Å². The van der Waals surface area contributed by atoms with E-state index >= 15 is 0 Å². The Morgan fingerprint density at radius 3 is 2.79 bits per heavy atom. The van der Waals surface area contributed by atoms with Crippen molar-refractivity contribution in [2.45, 2.75) is 0 Å². The number of nitro groups is 1. The Morgan fingerprint density at radius 2 is 2.04 bits per heavy atom. The van der Waals surface area contributed by atoms with Crippen LogP contribution in [0.15, 0.2) is 52.4 Å². The van der Waals surface area contributed by atoms with Crippen molar-refractivity contribution in [3.05, 3.63) is 73.3 Å². The molecule has 24 heavy (non-hydrogen) atoms. The average molecular weight is 342 g/mol. The highest BCUT2D eigenvalue weighted by atomic mass is 32.1. The van der Waals surface area contributed by atoms with E-state index in [1.54, 1.807) is 24.3 Å². The van der Waals surface area contributed by atoms with E-state index < -0.39 is 21.9 Å². The number of H-pyrrole nitrogens is 1. The van der Waals surface area contributed by atoms with E-state index in [-0.39, 0.29) is 4.77 Å². The fraction of sp³-hybridized carbons (Fsp3) is 0. The Bertz CT molecular complexity index is 1100. The molecule has 0 aliphatic heterocycles. The summed E-state index contributed by atoms with van der Waals surface area (Å²) in [4.78, 5) is 25.4. The number of fused-ring (bicyclic) bond motifs is 1. The van der Waals surface area contributed by atoms with Crippen molar-refractivity contribution in [1.29, 1.82) is 0 Å². The molecule has 1 heterocycles. The number of aromatic hydroxyl groups is 1. The number of phenols is 1. The lowest BCUT2D eigenvalue weighted by Gasteiger charge is -2.02. The Morgan fingerprint density at radius 1 is 1.29 bits per heavy atom. The van der Waals surface area contributed by atoms with Crippen LogP contribution in [-0.2, 0) is 0 Å². The van der Waals surface area contributed by atoms with Crippen LogP contribution in [0.5, 0.6) is 5.75 Å². The standard InChI is InChI=1S/C15H10N4O4S/c20-13-6-5-9(7-12(13)19(22)23)8-16-18-14(21)10-3-1-2-4-11(10)17-15(18)24/h1-8,20H,(H,17,24)/b16-8+. The molecule has 3 rings (SSSR count). The zero-order valence-corrected chi connectivity index (χ0v) is 12.9. The maximum atomic E-state index is 12.4. The Balaban J connectivity index is 2.09. The lowest BCUT2D eigenvalue weighted by molar-refractivity contribution is -0.385. The quantitative estimate of drug-likeness (QED) is 0.329. The van der Waals surface area contributed by atoms with Gasteiger partial charge in [0.2, 0.25) is 4.77 Å². The molecule has 0 radical (unpaired) electrons. The van der Waals surface area contributed by atoms with Crippen LogP contribution in [0.2, 0.25) is 0 Å². The summed E-state index contributed by atoms with van der Waals surface area (Å²) in [6.07, 6.45) is 1.26. The summed E-state index contributed by atoms with van der Waals surface area (Å²) in [5.74, 6) is -0.447.